The lowest BCUT2D eigenvalue weighted by atomic mass is 10.1. The Kier molecular flexibility index (Phi) is 6.98. The molecule has 0 atom stereocenters. The van der Waals surface area contributed by atoms with Crippen molar-refractivity contribution in [3.05, 3.63) is 71.2 Å². The predicted octanol–water partition coefficient (Wildman–Crippen LogP) is 6.02. The number of anilines is 2. The number of nitrogens with one attached hydrogen (secondary N) is 1. The third-order valence-electron chi connectivity index (χ3n) is 5.92. The summed E-state index contributed by atoms with van der Waals surface area (Å²) in [4.78, 5) is 17.0. The Morgan fingerprint density at radius 1 is 1.00 bits per heavy atom. The van der Waals surface area contributed by atoms with Crippen LogP contribution in [0.4, 0.5) is 11.4 Å². The van der Waals surface area contributed by atoms with E-state index >= 15 is 0 Å². The number of hydrogen-bond acceptors (Lipinski definition) is 5. The van der Waals surface area contributed by atoms with E-state index in [1.54, 1.807) is 42.9 Å². The average molecular weight is 492 g/mol. The number of carbonyl (C=O) groups is 1. The van der Waals surface area contributed by atoms with E-state index in [-0.39, 0.29) is 5.91 Å². The summed E-state index contributed by atoms with van der Waals surface area (Å²) >= 11 is 5.94. The second kappa shape index (κ2) is 9.96. The van der Waals surface area contributed by atoms with Crippen LogP contribution in [0.1, 0.15) is 33.3 Å². The summed E-state index contributed by atoms with van der Waals surface area (Å²) in [7, 11) is 0. The molecule has 35 heavy (non-hydrogen) atoms. The smallest absolute Gasteiger partial charge is 0.267 e. The Labute approximate surface area is 210 Å². The van der Waals surface area contributed by atoms with E-state index in [4.69, 9.17) is 16.3 Å². The zero-order chi connectivity index (χ0) is 25.2. The predicted molar refractivity (Wildman–Crippen MR) is 142 cm³/mol. The Morgan fingerprint density at radius 3 is 2.20 bits per heavy atom. The second-order valence-electron chi connectivity index (χ2n) is 8.85. The van der Waals surface area contributed by atoms with Gasteiger partial charge in [0.05, 0.1) is 5.69 Å². The lowest BCUT2D eigenvalue weighted by Gasteiger charge is -2.25. The molecule has 1 heterocycles. The lowest BCUT2D eigenvalue weighted by molar-refractivity contribution is -0.128. The first-order valence-corrected chi connectivity index (χ1v) is 12.1. The zero-order valence-corrected chi connectivity index (χ0v) is 21.4. The maximum Gasteiger partial charge on any atom is 0.267 e. The summed E-state index contributed by atoms with van der Waals surface area (Å²) in [6.07, 6.45) is 0. The van der Waals surface area contributed by atoms with Crippen molar-refractivity contribution < 1.29 is 9.53 Å². The molecule has 0 saturated carbocycles. The van der Waals surface area contributed by atoms with Gasteiger partial charge in [0.15, 0.2) is 5.60 Å². The molecule has 0 aliphatic carbocycles. The zero-order valence-electron chi connectivity index (χ0n) is 20.7. The molecule has 1 aromatic heterocycles. The van der Waals surface area contributed by atoms with Crippen molar-refractivity contribution in [1.29, 1.82) is 0 Å². The molecule has 0 saturated heterocycles. The van der Waals surface area contributed by atoms with Crippen LogP contribution in [0, 0.1) is 6.92 Å². The molecule has 4 rings (SSSR count). The van der Waals surface area contributed by atoms with Crippen LogP contribution >= 0.6 is 11.6 Å². The quantitative estimate of drug-likeness (QED) is 0.326. The molecule has 1 amide bonds. The van der Waals surface area contributed by atoms with E-state index in [2.05, 4.69) is 46.4 Å². The SMILES string of the molecule is CCN(CC)c1ccc(-n2nc3cc(C)c(NC(=O)C(C)(C)Oc4ccc(Cl)cc4)cc3n2)cc1. The third kappa shape index (κ3) is 5.41. The number of carbonyl (C=O) groups excluding carboxylic acids is 1. The van der Waals surface area contributed by atoms with Crippen LogP contribution in [0.2, 0.25) is 5.02 Å². The summed E-state index contributed by atoms with van der Waals surface area (Å²) in [6.45, 7) is 11.6. The summed E-state index contributed by atoms with van der Waals surface area (Å²) in [5, 5.41) is 12.9. The van der Waals surface area contributed by atoms with Gasteiger partial charge in [-0.3, -0.25) is 4.79 Å². The van der Waals surface area contributed by atoms with Crippen molar-refractivity contribution in [2.75, 3.05) is 23.3 Å². The minimum absolute atomic E-state index is 0.269. The van der Waals surface area contributed by atoms with Crippen molar-refractivity contribution in [3.63, 3.8) is 0 Å². The highest BCUT2D eigenvalue weighted by atomic mass is 35.5. The molecule has 0 unspecified atom stereocenters. The first kappa shape index (κ1) is 24.5. The maximum atomic E-state index is 13.0. The van der Waals surface area contributed by atoms with Crippen LogP contribution in [0.3, 0.4) is 0 Å². The summed E-state index contributed by atoms with van der Waals surface area (Å²) in [5.41, 5.74) is 3.94. The average Bonchev–Trinajstić information content (AvgIpc) is 3.24. The molecule has 0 spiro atoms. The Bertz CT molecular complexity index is 1330. The number of aromatic nitrogens is 3. The number of benzene rings is 3. The lowest BCUT2D eigenvalue weighted by Crippen LogP contribution is -2.42. The van der Waals surface area contributed by atoms with Crippen LogP contribution < -0.4 is 15.0 Å². The molecular formula is C27H30ClN5O2. The second-order valence-corrected chi connectivity index (χ2v) is 9.29. The monoisotopic (exact) mass is 491 g/mol. The molecule has 0 aliphatic heterocycles. The van der Waals surface area contributed by atoms with Crippen molar-refractivity contribution in [2.24, 2.45) is 0 Å². The summed E-state index contributed by atoms with van der Waals surface area (Å²) in [6, 6.07) is 18.9. The van der Waals surface area contributed by atoms with Gasteiger partial charge in [0.2, 0.25) is 0 Å². The van der Waals surface area contributed by atoms with E-state index in [0.29, 0.717) is 22.0 Å². The van der Waals surface area contributed by atoms with Crippen LogP contribution in [0.5, 0.6) is 5.75 Å². The standard InChI is InChI=1S/C27H30ClN5O2/c1-6-32(7-2)20-10-12-21(13-11-20)33-30-24-16-18(3)23(17-25(24)31-33)29-26(34)27(4,5)35-22-14-8-19(28)9-15-22/h8-17H,6-7H2,1-5H3,(H,29,34). The van der Waals surface area contributed by atoms with Crippen LogP contribution in [0.15, 0.2) is 60.7 Å². The van der Waals surface area contributed by atoms with E-state index in [1.165, 1.54) is 5.69 Å². The highest BCUT2D eigenvalue weighted by Crippen LogP contribution is 2.26. The van der Waals surface area contributed by atoms with Crippen molar-refractivity contribution in [1.82, 2.24) is 15.0 Å². The van der Waals surface area contributed by atoms with Gasteiger partial charge in [0, 0.05) is 29.5 Å². The Hall–Kier alpha value is -3.58. The fraction of sp³-hybridized carbons (Fsp3) is 0.296. The van der Waals surface area contributed by atoms with Crippen molar-refractivity contribution >= 4 is 39.9 Å². The van der Waals surface area contributed by atoms with Crippen molar-refractivity contribution in [3.8, 4) is 11.4 Å². The maximum absolute atomic E-state index is 13.0. The Morgan fingerprint density at radius 2 is 1.60 bits per heavy atom. The first-order valence-electron chi connectivity index (χ1n) is 11.7. The normalized spacial score (nSPS) is 11.5. The number of aryl methyl sites for hydroxylation is 1. The number of fused-ring (bicyclic) bond motifs is 1. The number of amides is 1. The topological polar surface area (TPSA) is 72.3 Å². The van der Waals surface area contributed by atoms with Crippen LogP contribution in [-0.2, 0) is 4.79 Å². The fourth-order valence-corrected chi connectivity index (χ4v) is 3.95. The van der Waals surface area contributed by atoms with E-state index < -0.39 is 5.60 Å². The van der Waals surface area contributed by atoms with Gasteiger partial charge in [-0.25, -0.2) is 0 Å². The van der Waals surface area contributed by atoms with Crippen LogP contribution in [-0.4, -0.2) is 39.6 Å². The summed E-state index contributed by atoms with van der Waals surface area (Å²) in [5.74, 6) is 0.297. The number of halogens is 1. The minimum Gasteiger partial charge on any atom is -0.478 e. The van der Waals surface area contributed by atoms with Gasteiger partial charge in [-0.1, -0.05) is 11.6 Å². The minimum atomic E-state index is -1.10. The molecule has 0 radical (unpaired) electrons. The van der Waals surface area contributed by atoms with E-state index in [1.807, 2.05) is 31.2 Å². The van der Waals surface area contributed by atoms with Crippen LogP contribution in [0.25, 0.3) is 16.7 Å². The Balaban J connectivity index is 1.54. The molecule has 182 valence electrons. The molecule has 0 aliphatic rings. The molecule has 8 heteroatoms. The largest absolute Gasteiger partial charge is 0.478 e. The molecule has 0 fully saturated rings. The molecular weight excluding hydrogens is 462 g/mol. The van der Waals surface area contributed by atoms with Gasteiger partial charge >= 0.3 is 0 Å². The molecule has 4 aromatic rings. The van der Waals surface area contributed by atoms with Gasteiger partial charge in [-0.15, -0.1) is 10.2 Å². The molecule has 3 aromatic carbocycles. The van der Waals surface area contributed by atoms with Gasteiger partial charge in [-0.05, 0) is 101 Å². The number of hydrogen-bond donors (Lipinski definition) is 1. The highest BCUT2D eigenvalue weighted by molar-refractivity contribution is 6.30. The number of rotatable bonds is 8. The van der Waals surface area contributed by atoms with Gasteiger partial charge < -0.3 is 15.0 Å². The third-order valence-corrected chi connectivity index (χ3v) is 6.17. The molecule has 0 bridgehead atoms. The van der Waals surface area contributed by atoms with E-state index in [9.17, 15) is 4.79 Å². The summed E-state index contributed by atoms with van der Waals surface area (Å²) < 4.78 is 5.92. The first-order chi connectivity index (χ1) is 16.7. The highest BCUT2D eigenvalue weighted by Gasteiger charge is 2.30. The van der Waals surface area contributed by atoms with Gasteiger partial charge in [0.25, 0.3) is 5.91 Å². The number of nitrogens with zero attached hydrogens (tertiary/aromatic N) is 4. The number of ether oxygens (including phenoxy) is 1. The van der Waals surface area contributed by atoms with Gasteiger partial charge in [-0.2, -0.15) is 4.80 Å². The van der Waals surface area contributed by atoms with Gasteiger partial charge in [0.1, 0.15) is 16.8 Å². The van der Waals surface area contributed by atoms with Crippen molar-refractivity contribution in [2.45, 2.75) is 40.2 Å². The van der Waals surface area contributed by atoms with E-state index in [0.717, 1.165) is 29.9 Å². The fourth-order valence-electron chi connectivity index (χ4n) is 3.82. The molecule has 1 N–H and O–H groups in total. The molecule has 7 nitrogen and oxygen atoms in total.